The molecule has 1 aliphatic rings. The molecule has 0 aromatic carbocycles. The Labute approximate surface area is 82.3 Å². The Morgan fingerprint density at radius 1 is 1.64 bits per heavy atom. The molecule has 0 saturated carbocycles. The number of Topliss-reactive ketones (excluding diaryl/α,β-unsaturated/α-hetero) is 1. The molecule has 0 aliphatic carbocycles. The Morgan fingerprint density at radius 2 is 2.57 bits per heavy atom. The summed E-state index contributed by atoms with van der Waals surface area (Å²) in [4.78, 5) is 15.7. The van der Waals surface area contributed by atoms with Gasteiger partial charge in [-0.05, 0) is 12.1 Å². The van der Waals surface area contributed by atoms with Gasteiger partial charge in [0.2, 0.25) is 0 Å². The third-order valence-electron chi connectivity index (χ3n) is 2.18. The fourth-order valence-corrected chi connectivity index (χ4v) is 1.44. The van der Waals surface area contributed by atoms with Crippen molar-refractivity contribution in [2.75, 3.05) is 19.8 Å². The Balaban J connectivity index is 2.07. The lowest BCUT2D eigenvalue weighted by molar-refractivity contribution is 0.0607. The van der Waals surface area contributed by atoms with Crippen molar-refractivity contribution in [3.63, 3.8) is 0 Å². The van der Waals surface area contributed by atoms with Gasteiger partial charge in [-0.2, -0.15) is 0 Å². The summed E-state index contributed by atoms with van der Waals surface area (Å²) < 4.78 is 5.22. The number of hydrogen-bond donors (Lipinski definition) is 1. The molecule has 0 radical (unpaired) electrons. The quantitative estimate of drug-likeness (QED) is 0.682. The minimum absolute atomic E-state index is 0.0535. The van der Waals surface area contributed by atoms with Gasteiger partial charge in [0.15, 0.2) is 5.78 Å². The molecule has 2 rings (SSSR count). The van der Waals surface area contributed by atoms with Crippen LogP contribution in [0.15, 0.2) is 24.5 Å². The zero-order chi connectivity index (χ0) is 9.80. The van der Waals surface area contributed by atoms with Crippen LogP contribution in [0, 0.1) is 0 Å². The molecule has 1 unspecified atom stereocenters. The van der Waals surface area contributed by atoms with Gasteiger partial charge in [0.05, 0.1) is 19.3 Å². The summed E-state index contributed by atoms with van der Waals surface area (Å²) in [5, 5.41) is 3.12. The SMILES string of the molecule is O=C(c1cccnc1)C1COCCN1. The Kier molecular flexibility index (Phi) is 2.86. The Bertz CT molecular complexity index is 307. The molecule has 1 atom stereocenters. The van der Waals surface area contributed by atoms with Crippen molar-refractivity contribution in [1.29, 1.82) is 0 Å². The second kappa shape index (κ2) is 4.30. The summed E-state index contributed by atoms with van der Waals surface area (Å²) in [5.74, 6) is 0.0535. The van der Waals surface area contributed by atoms with E-state index in [2.05, 4.69) is 10.3 Å². The fourth-order valence-electron chi connectivity index (χ4n) is 1.44. The van der Waals surface area contributed by atoms with Crippen molar-refractivity contribution in [1.82, 2.24) is 10.3 Å². The normalized spacial score (nSPS) is 21.9. The van der Waals surface area contributed by atoms with Crippen LogP contribution in [-0.4, -0.2) is 36.6 Å². The second-order valence-electron chi connectivity index (χ2n) is 3.19. The van der Waals surface area contributed by atoms with Gasteiger partial charge in [0.1, 0.15) is 0 Å². The van der Waals surface area contributed by atoms with Gasteiger partial charge in [-0.3, -0.25) is 9.78 Å². The van der Waals surface area contributed by atoms with E-state index in [1.165, 1.54) is 0 Å². The van der Waals surface area contributed by atoms with E-state index in [0.717, 1.165) is 6.54 Å². The lowest BCUT2D eigenvalue weighted by atomic mass is 10.1. The molecule has 1 aromatic heterocycles. The molecule has 4 heteroatoms. The molecule has 1 fully saturated rings. The minimum atomic E-state index is -0.215. The van der Waals surface area contributed by atoms with E-state index in [1.54, 1.807) is 24.5 Å². The molecule has 1 aromatic rings. The first-order valence-electron chi connectivity index (χ1n) is 4.63. The zero-order valence-corrected chi connectivity index (χ0v) is 7.77. The second-order valence-corrected chi connectivity index (χ2v) is 3.19. The fraction of sp³-hybridized carbons (Fsp3) is 0.400. The lowest BCUT2D eigenvalue weighted by Gasteiger charge is -2.22. The average molecular weight is 192 g/mol. The molecule has 0 spiro atoms. The first kappa shape index (κ1) is 9.30. The summed E-state index contributed by atoms with van der Waals surface area (Å²) in [7, 11) is 0. The maximum Gasteiger partial charge on any atom is 0.183 e. The number of nitrogens with zero attached hydrogens (tertiary/aromatic N) is 1. The lowest BCUT2D eigenvalue weighted by Crippen LogP contribution is -2.46. The highest BCUT2D eigenvalue weighted by Crippen LogP contribution is 2.04. The van der Waals surface area contributed by atoms with Crippen molar-refractivity contribution < 1.29 is 9.53 Å². The van der Waals surface area contributed by atoms with Gasteiger partial charge in [-0.15, -0.1) is 0 Å². The maximum atomic E-state index is 11.8. The van der Waals surface area contributed by atoms with E-state index in [9.17, 15) is 4.79 Å². The summed E-state index contributed by atoms with van der Waals surface area (Å²) in [6.45, 7) is 1.86. The summed E-state index contributed by atoms with van der Waals surface area (Å²) >= 11 is 0. The van der Waals surface area contributed by atoms with Crippen molar-refractivity contribution in [2.45, 2.75) is 6.04 Å². The standard InChI is InChI=1S/C10H12N2O2/c13-10(8-2-1-3-11-6-8)9-7-14-5-4-12-9/h1-3,6,9,12H,4-5,7H2. The highest BCUT2D eigenvalue weighted by atomic mass is 16.5. The van der Waals surface area contributed by atoms with Crippen molar-refractivity contribution >= 4 is 5.78 Å². The molecular formula is C10H12N2O2. The monoisotopic (exact) mass is 192 g/mol. The number of aromatic nitrogens is 1. The van der Waals surface area contributed by atoms with Gasteiger partial charge in [0, 0.05) is 24.5 Å². The molecule has 2 heterocycles. The molecule has 1 aliphatic heterocycles. The summed E-state index contributed by atoms with van der Waals surface area (Å²) in [6.07, 6.45) is 3.24. The smallest absolute Gasteiger partial charge is 0.183 e. The van der Waals surface area contributed by atoms with Crippen LogP contribution in [0.1, 0.15) is 10.4 Å². The van der Waals surface area contributed by atoms with Gasteiger partial charge in [-0.1, -0.05) is 0 Å². The first-order valence-corrected chi connectivity index (χ1v) is 4.63. The Hall–Kier alpha value is -1.26. The number of morpholine rings is 1. The summed E-state index contributed by atoms with van der Waals surface area (Å²) in [6, 6.07) is 3.32. The van der Waals surface area contributed by atoms with Crippen molar-refractivity contribution in [2.24, 2.45) is 0 Å². The van der Waals surface area contributed by atoms with Crippen molar-refractivity contribution in [3.05, 3.63) is 30.1 Å². The van der Waals surface area contributed by atoms with Crippen LogP contribution >= 0.6 is 0 Å². The van der Waals surface area contributed by atoms with E-state index in [4.69, 9.17) is 4.74 Å². The molecule has 14 heavy (non-hydrogen) atoms. The van der Waals surface area contributed by atoms with E-state index >= 15 is 0 Å². The highest BCUT2D eigenvalue weighted by Gasteiger charge is 2.22. The highest BCUT2D eigenvalue weighted by molar-refractivity contribution is 5.99. The third-order valence-corrected chi connectivity index (χ3v) is 2.18. The van der Waals surface area contributed by atoms with Crippen LogP contribution in [0.2, 0.25) is 0 Å². The average Bonchev–Trinajstić information content (AvgIpc) is 2.30. The van der Waals surface area contributed by atoms with E-state index in [-0.39, 0.29) is 11.8 Å². The predicted molar refractivity (Wildman–Crippen MR) is 51.2 cm³/mol. The van der Waals surface area contributed by atoms with Crippen LogP contribution in [0.25, 0.3) is 0 Å². The molecule has 0 bridgehead atoms. The molecule has 74 valence electrons. The number of hydrogen-bond acceptors (Lipinski definition) is 4. The number of ketones is 1. The van der Waals surface area contributed by atoms with Gasteiger partial charge in [0.25, 0.3) is 0 Å². The van der Waals surface area contributed by atoms with Crippen LogP contribution in [0.4, 0.5) is 0 Å². The molecule has 1 saturated heterocycles. The largest absolute Gasteiger partial charge is 0.378 e. The summed E-state index contributed by atoms with van der Waals surface area (Å²) in [5.41, 5.74) is 0.635. The van der Waals surface area contributed by atoms with Crippen molar-refractivity contribution in [3.8, 4) is 0 Å². The predicted octanol–water partition coefficient (Wildman–Crippen LogP) is 0.253. The van der Waals surface area contributed by atoms with Crippen LogP contribution in [0.5, 0.6) is 0 Å². The topological polar surface area (TPSA) is 51.2 Å². The first-order chi connectivity index (χ1) is 6.88. The molecule has 4 nitrogen and oxygen atoms in total. The van der Waals surface area contributed by atoms with E-state index in [0.29, 0.717) is 18.8 Å². The molecular weight excluding hydrogens is 180 g/mol. The van der Waals surface area contributed by atoms with Crippen LogP contribution in [-0.2, 0) is 4.74 Å². The van der Waals surface area contributed by atoms with Gasteiger partial charge < -0.3 is 10.1 Å². The minimum Gasteiger partial charge on any atom is -0.378 e. The van der Waals surface area contributed by atoms with Gasteiger partial charge >= 0.3 is 0 Å². The zero-order valence-electron chi connectivity index (χ0n) is 7.77. The number of carbonyl (C=O) groups excluding carboxylic acids is 1. The Morgan fingerprint density at radius 3 is 3.21 bits per heavy atom. The number of carbonyl (C=O) groups is 1. The number of rotatable bonds is 2. The van der Waals surface area contributed by atoms with E-state index in [1.807, 2.05) is 0 Å². The number of ether oxygens (including phenoxy) is 1. The maximum absolute atomic E-state index is 11.8. The number of nitrogens with one attached hydrogen (secondary N) is 1. The van der Waals surface area contributed by atoms with Crippen LogP contribution in [0.3, 0.4) is 0 Å². The number of pyridine rings is 1. The molecule has 1 N–H and O–H groups in total. The van der Waals surface area contributed by atoms with Gasteiger partial charge in [-0.25, -0.2) is 0 Å². The third kappa shape index (κ3) is 1.97. The van der Waals surface area contributed by atoms with Crippen LogP contribution < -0.4 is 5.32 Å². The van der Waals surface area contributed by atoms with E-state index < -0.39 is 0 Å². The molecule has 0 amide bonds.